The van der Waals surface area contributed by atoms with E-state index in [0.29, 0.717) is 6.42 Å². The van der Waals surface area contributed by atoms with E-state index in [1.807, 2.05) is 13.0 Å². The number of hydrogen-bond donors (Lipinski definition) is 1. The van der Waals surface area contributed by atoms with Crippen molar-refractivity contribution in [2.24, 2.45) is 0 Å². The minimum Gasteiger partial charge on any atom is -0.479 e. The van der Waals surface area contributed by atoms with Crippen molar-refractivity contribution in [3.05, 3.63) is 35.9 Å². The maximum atomic E-state index is 12.4. The molecule has 19 heavy (non-hydrogen) atoms. The molecule has 0 aliphatic carbocycles. The first-order chi connectivity index (χ1) is 8.83. The second-order valence-corrected chi connectivity index (χ2v) is 5.05. The molecule has 0 fully saturated rings. The zero-order valence-corrected chi connectivity index (χ0v) is 11.1. The fourth-order valence-electron chi connectivity index (χ4n) is 1.84. The van der Waals surface area contributed by atoms with E-state index >= 15 is 0 Å². The Kier molecular flexibility index (Phi) is 5.44. The van der Waals surface area contributed by atoms with Crippen LogP contribution in [-0.4, -0.2) is 25.6 Å². The lowest BCUT2D eigenvalue weighted by Crippen LogP contribution is -2.27. The van der Waals surface area contributed by atoms with Gasteiger partial charge in [0.1, 0.15) is 0 Å². The predicted molar refractivity (Wildman–Crippen MR) is 66.6 cm³/mol. The smallest absolute Gasteiger partial charge is 0.438 e. The Labute approximate surface area is 111 Å². The Morgan fingerprint density at radius 2 is 1.95 bits per heavy atom. The maximum absolute atomic E-state index is 12.4. The Bertz CT molecular complexity index is 514. The van der Waals surface area contributed by atoms with Crippen LogP contribution in [0, 0.1) is 0 Å². The summed E-state index contributed by atoms with van der Waals surface area (Å²) in [6, 6.07) is 9.00. The number of halogens is 1. The van der Waals surface area contributed by atoms with Crippen LogP contribution >= 0.6 is 0 Å². The van der Waals surface area contributed by atoms with E-state index in [9.17, 15) is 17.1 Å². The van der Waals surface area contributed by atoms with Crippen molar-refractivity contribution in [1.82, 2.24) is 0 Å². The summed E-state index contributed by atoms with van der Waals surface area (Å²) in [5, 5.41) is 8.87. The summed E-state index contributed by atoms with van der Waals surface area (Å²) in [7, 11) is -5.29. The summed E-state index contributed by atoms with van der Waals surface area (Å²) >= 11 is 0. The SMILES string of the molecule is CCC(CC(OS(=O)(=O)F)C(=O)O)c1ccccc1. The largest absolute Gasteiger partial charge is 0.479 e. The second kappa shape index (κ2) is 6.63. The average Bonchev–Trinajstić information content (AvgIpc) is 2.33. The van der Waals surface area contributed by atoms with Crippen molar-refractivity contribution in [3.63, 3.8) is 0 Å². The Morgan fingerprint density at radius 3 is 2.37 bits per heavy atom. The number of benzene rings is 1. The highest BCUT2D eigenvalue weighted by molar-refractivity contribution is 7.81. The van der Waals surface area contributed by atoms with Crippen LogP contribution in [-0.2, 0) is 19.5 Å². The van der Waals surface area contributed by atoms with Gasteiger partial charge in [0.25, 0.3) is 0 Å². The van der Waals surface area contributed by atoms with E-state index in [4.69, 9.17) is 5.11 Å². The highest BCUT2D eigenvalue weighted by Crippen LogP contribution is 2.26. The van der Waals surface area contributed by atoms with Gasteiger partial charge in [0.15, 0.2) is 6.10 Å². The third-order valence-corrected chi connectivity index (χ3v) is 3.23. The summed E-state index contributed by atoms with van der Waals surface area (Å²) in [6.07, 6.45) is -1.25. The van der Waals surface area contributed by atoms with Crippen molar-refractivity contribution in [2.75, 3.05) is 0 Å². The van der Waals surface area contributed by atoms with Crippen LogP contribution in [0.15, 0.2) is 30.3 Å². The standard InChI is InChI=1S/C12H15FO5S/c1-2-9(10-6-4-3-5-7-10)8-11(12(14)15)18-19(13,16)17/h3-7,9,11H,2,8H2,1H3,(H,14,15). The summed E-state index contributed by atoms with van der Waals surface area (Å²) < 4.78 is 37.2. The lowest BCUT2D eigenvalue weighted by atomic mass is 9.91. The molecule has 0 aliphatic rings. The Balaban J connectivity index is 2.85. The molecular weight excluding hydrogens is 275 g/mol. The molecule has 0 saturated heterocycles. The fraction of sp³-hybridized carbons (Fsp3) is 0.417. The van der Waals surface area contributed by atoms with E-state index in [1.165, 1.54) is 0 Å². The predicted octanol–water partition coefficient (Wildman–Crippen LogP) is 2.25. The normalized spacial score (nSPS) is 14.8. The zero-order chi connectivity index (χ0) is 14.5. The highest BCUT2D eigenvalue weighted by atomic mass is 32.3. The van der Waals surface area contributed by atoms with Crippen molar-refractivity contribution < 1.29 is 26.4 Å². The van der Waals surface area contributed by atoms with Gasteiger partial charge in [-0.05, 0) is 24.3 Å². The molecule has 0 radical (unpaired) electrons. The number of rotatable bonds is 7. The minimum atomic E-state index is -5.29. The van der Waals surface area contributed by atoms with Crippen LogP contribution in [0.5, 0.6) is 0 Å². The number of carboxylic acids is 1. The van der Waals surface area contributed by atoms with E-state index in [0.717, 1.165) is 5.56 Å². The molecule has 106 valence electrons. The molecule has 0 heterocycles. The van der Waals surface area contributed by atoms with Crippen LogP contribution in [0.2, 0.25) is 0 Å². The van der Waals surface area contributed by atoms with Gasteiger partial charge in [0.05, 0.1) is 0 Å². The number of carbonyl (C=O) groups is 1. The molecule has 1 N–H and O–H groups in total. The molecule has 0 amide bonds. The van der Waals surface area contributed by atoms with Gasteiger partial charge in [-0.1, -0.05) is 41.1 Å². The number of aliphatic carboxylic acids is 1. The summed E-state index contributed by atoms with van der Waals surface area (Å²) in [6.45, 7) is 1.83. The first-order valence-electron chi connectivity index (χ1n) is 5.74. The average molecular weight is 290 g/mol. The van der Waals surface area contributed by atoms with Gasteiger partial charge in [-0.15, -0.1) is 0 Å². The van der Waals surface area contributed by atoms with E-state index in [-0.39, 0.29) is 12.3 Å². The van der Waals surface area contributed by atoms with Gasteiger partial charge in [-0.2, -0.15) is 8.42 Å². The second-order valence-electron chi connectivity index (χ2n) is 4.07. The molecule has 5 nitrogen and oxygen atoms in total. The molecule has 0 aromatic heterocycles. The Hall–Kier alpha value is -1.47. The topological polar surface area (TPSA) is 80.7 Å². The van der Waals surface area contributed by atoms with Gasteiger partial charge in [0.2, 0.25) is 0 Å². The third-order valence-electron chi connectivity index (χ3n) is 2.77. The van der Waals surface area contributed by atoms with E-state index in [1.54, 1.807) is 24.3 Å². The molecule has 1 aromatic rings. The molecule has 0 bridgehead atoms. The lowest BCUT2D eigenvalue weighted by molar-refractivity contribution is -0.145. The number of carboxylic acid groups (broad SMARTS) is 1. The molecule has 1 rings (SSSR count). The third kappa shape index (κ3) is 5.35. The van der Waals surface area contributed by atoms with Crippen LogP contribution in [0.3, 0.4) is 0 Å². The zero-order valence-electron chi connectivity index (χ0n) is 10.3. The fourth-order valence-corrected chi connectivity index (χ4v) is 2.28. The van der Waals surface area contributed by atoms with Crippen LogP contribution in [0.4, 0.5) is 3.89 Å². The first-order valence-corrected chi connectivity index (χ1v) is 7.05. The first kappa shape index (κ1) is 15.6. The van der Waals surface area contributed by atoms with Gasteiger partial charge in [-0.3, -0.25) is 0 Å². The molecule has 0 spiro atoms. The molecule has 1 aromatic carbocycles. The highest BCUT2D eigenvalue weighted by Gasteiger charge is 2.28. The van der Waals surface area contributed by atoms with Gasteiger partial charge in [0, 0.05) is 0 Å². The van der Waals surface area contributed by atoms with Crippen LogP contribution in [0.1, 0.15) is 31.2 Å². The molecule has 0 saturated carbocycles. The van der Waals surface area contributed by atoms with E-state index in [2.05, 4.69) is 4.18 Å². The van der Waals surface area contributed by atoms with Gasteiger partial charge < -0.3 is 5.11 Å². The molecule has 2 unspecified atom stereocenters. The van der Waals surface area contributed by atoms with Crippen molar-refractivity contribution >= 4 is 16.5 Å². The molecule has 2 atom stereocenters. The molecular formula is C12H15FO5S. The van der Waals surface area contributed by atoms with Crippen molar-refractivity contribution in [1.29, 1.82) is 0 Å². The van der Waals surface area contributed by atoms with E-state index < -0.39 is 22.6 Å². The van der Waals surface area contributed by atoms with Gasteiger partial charge >= 0.3 is 16.5 Å². The van der Waals surface area contributed by atoms with Crippen molar-refractivity contribution in [3.8, 4) is 0 Å². The molecule has 7 heteroatoms. The van der Waals surface area contributed by atoms with Crippen molar-refractivity contribution in [2.45, 2.75) is 31.8 Å². The van der Waals surface area contributed by atoms with Crippen LogP contribution < -0.4 is 0 Å². The number of hydrogen-bond acceptors (Lipinski definition) is 4. The maximum Gasteiger partial charge on any atom is 0.438 e. The Morgan fingerprint density at radius 1 is 1.37 bits per heavy atom. The molecule has 0 aliphatic heterocycles. The summed E-state index contributed by atoms with van der Waals surface area (Å²) in [4.78, 5) is 10.9. The summed E-state index contributed by atoms with van der Waals surface area (Å²) in [5.41, 5.74) is 0.858. The summed E-state index contributed by atoms with van der Waals surface area (Å²) in [5.74, 6) is -1.72. The quantitative estimate of drug-likeness (QED) is 0.779. The lowest BCUT2D eigenvalue weighted by Gasteiger charge is -2.18. The van der Waals surface area contributed by atoms with Crippen LogP contribution in [0.25, 0.3) is 0 Å². The monoisotopic (exact) mass is 290 g/mol. The van der Waals surface area contributed by atoms with Gasteiger partial charge in [-0.25, -0.2) is 8.98 Å². The minimum absolute atomic E-state index is 0.112.